The van der Waals surface area contributed by atoms with Gasteiger partial charge in [-0.2, -0.15) is 0 Å². The summed E-state index contributed by atoms with van der Waals surface area (Å²) in [6, 6.07) is 0. The number of carbonyl (C=O) groups is 1. The molecule has 0 aromatic heterocycles. The van der Waals surface area contributed by atoms with E-state index in [9.17, 15) is 4.79 Å². The molecule has 1 saturated carbocycles. The summed E-state index contributed by atoms with van der Waals surface area (Å²) in [7, 11) is 1.45. The summed E-state index contributed by atoms with van der Waals surface area (Å²) < 4.78 is 10.6. The maximum Gasteiger partial charge on any atom is 0.350 e. The van der Waals surface area contributed by atoms with E-state index in [0.717, 1.165) is 25.7 Å². The number of allylic oxidation sites excluding steroid dienone is 1. The zero-order valence-electron chi connectivity index (χ0n) is 9.20. The maximum atomic E-state index is 11.9. The monoisotopic (exact) mass is 210 g/mol. The molecule has 1 atom stereocenters. The van der Waals surface area contributed by atoms with Gasteiger partial charge in [0.2, 0.25) is 5.60 Å². The van der Waals surface area contributed by atoms with Crippen molar-refractivity contribution in [1.82, 2.24) is 0 Å². The van der Waals surface area contributed by atoms with Crippen LogP contribution in [0.4, 0.5) is 0 Å². The molecule has 3 nitrogen and oxygen atoms in total. The number of carbonyl (C=O) groups excluding carboxylic acids is 1. The molecule has 3 heteroatoms. The second kappa shape index (κ2) is 4.25. The van der Waals surface area contributed by atoms with Gasteiger partial charge < -0.3 is 9.47 Å². The van der Waals surface area contributed by atoms with E-state index in [2.05, 4.69) is 0 Å². The summed E-state index contributed by atoms with van der Waals surface area (Å²) in [6.45, 7) is 0. The topological polar surface area (TPSA) is 35.5 Å². The number of ether oxygens (including phenoxy) is 2. The Labute approximate surface area is 90.4 Å². The summed E-state index contributed by atoms with van der Waals surface area (Å²) in [5.41, 5.74) is -0.681. The number of rotatable bonds is 2. The first kappa shape index (κ1) is 10.5. The molecule has 2 aliphatic rings. The van der Waals surface area contributed by atoms with Gasteiger partial charge in [-0.15, -0.1) is 0 Å². The highest BCUT2D eigenvalue weighted by Gasteiger charge is 2.49. The highest BCUT2D eigenvalue weighted by atomic mass is 16.6. The van der Waals surface area contributed by atoms with Gasteiger partial charge in [0.05, 0.1) is 13.4 Å². The van der Waals surface area contributed by atoms with Crippen molar-refractivity contribution in [3.8, 4) is 0 Å². The number of esters is 1. The third-order valence-electron chi connectivity index (χ3n) is 3.60. The molecule has 0 saturated heterocycles. The number of methoxy groups -OCH3 is 1. The van der Waals surface area contributed by atoms with Crippen LogP contribution in [0.15, 0.2) is 12.3 Å². The first-order valence-corrected chi connectivity index (χ1v) is 5.71. The second-order valence-corrected chi connectivity index (χ2v) is 4.39. The number of hydrogen-bond donors (Lipinski definition) is 0. The van der Waals surface area contributed by atoms with Crippen molar-refractivity contribution >= 4 is 5.97 Å². The molecule has 15 heavy (non-hydrogen) atoms. The van der Waals surface area contributed by atoms with E-state index in [1.54, 1.807) is 6.26 Å². The first-order valence-electron chi connectivity index (χ1n) is 5.71. The van der Waals surface area contributed by atoms with E-state index >= 15 is 0 Å². The fourth-order valence-electron chi connectivity index (χ4n) is 2.78. The van der Waals surface area contributed by atoms with Gasteiger partial charge in [0.1, 0.15) is 0 Å². The molecule has 0 N–H and O–H groups in total. The van der Waals surface area contributed by atoms with E-state index in [-0.39, 0.29) is 5.97 Å². The molecule has 1 unspecified atom stereocenters. The van der Waals surface area contributed by atoms with Crippen molar-refractivity contribution in [1.29, 1.82) is 0 Å². The molecule has 1 aliphatic heterocycles. The summed E-state index contributed by atoms with van der Waals surface area (Å²) in [5.74, 6) is 0.147. The fourth-order valence-corrected chi connectivity index (χ4v) is 2.78. The molecular formula is C12H18O3. The SMILES string of the molecule is COC(=O)C1(C2CCCC2)CCC=CO1. The molecule has 1 fully saturated rings. The Kier molecular flexibility index (Phi) is 2.98. The Balaban J connectivity index is 2.21. The van der Waals surface area contributed by atoms with Crippen molar-refractivity contribution < 1.29 is 14.3 Å². The van der Waals surface area contributed by atoms with Gasteiger partial charge in [0.15, 0.2) is 0 Å². The normalized spacial score (nSPS) is 31.3. The van der Waals surface area contributed by atoms with Crippen LogP contribution in [-0.2, 0) is 14.3 Å². The van der Waals surface area contributed by atoms with E-state index in [1.807, 2.05) is 6.08 Å². The Hall–Kier alpha value is -0.990. The molecule has 0 bridgehead atoms. The smallest absolute Gasteiger partial charge is 0.350 e. The summed E-state index contributed by atoms with van der Waals surface area (Å²) in [5, 5.41) is 0. The quantitative estimate of drug-likeness (QED) is 0.656. The summed E-state index contributed by atoms with van der Waals surface area (Å²) in [6.07, 6.45) is 9.89. The average molecular weight is 210 g/mol. The van der Waals surface area contributed by atoms with Crippen molar-refractivity contribution in [3.63, 3.8) is 0 Å². The van der Waals surface area contributed by atoms with Gasteiger partial charge in [-0.3, -0.25) is 0 Å². The van der Waals surface area contributed by atoms with Crippen molar-refractivity contribution in [3.05, 3.63) is 12.3 Å². The first-order chi connectivity index (χ1) is 7.29. The van der Waals surface area contributed by atoms with Crippen LogP contribution >= 0.6 is 0 Å². The number of hydrogen-bond acceptors (Lipinski definition) is 3. The fraction of sp³-hybridized carbons (Fsp3) is 0.750. The van der Waals surface area contributed by atoms with Crippen LogP contribution in [0.5, 0.6) is 0 Å². The highest BCUT2D eigenvalue weighted by Crippen LogP contribution is 2.41. The Morgan fingerprint density at radius 1 is 1.47 bits per heavy atom. The van der Waals surface area contributed by atoms with Crippen LogP contribution in [0.3, 0.4) is 0 Å². The van der Waals surface area contributed by atoms with Gasteiger partial charge in [-0.25, -0.2) is 4.79 Å². The molecule has 2 rings (SSSR count). The second-order valence-electron chi connectivity index (χ2n) is 4.39. The average Bonchev–Trinajstić information content (AvgIpc) is 2.83. The van der Waals surface area contributed by atoms with Crippen molar-refractivity contribution in [2.24, 2.45) is 5.92 Å². The minimum Gasteiger partial charge on any atom is -0.483 e. The van der Waals surface area contributed by atoms with E-state index < -0.39 is 5.60 Å². The predicted molar refractivity (Wildman–Crippen MR) is 56.2 cm³/mol. The van der Waals surface area contributed by atoms with E-state index in [1.165, 1.54) is 20.0 Å². The molecule has 0 amide bonds. The largest absolute Gasteiger partial charge is 0.483 e. The molecule has 0 aromatic carbocycles. The molecular weight excluding hydrogens is 192 g/mol. The van der Waals surface area contributed by atoms with Crippen LogP contribution in [-0.4, -0.2) is 18.7 Å². The van der Waals surface area contributed by atoms with Crippen molar-refractivity contribution in [2.45, 2.75) is 44.1 Å². The Morgan fingerprint density at radius 3 is 2.73 bits per heavy atom. The Morgan fingerprint density at radius 2 is 2.20 bits per heavy atom. The lowest BCUT2D eigenvalue weighted by Crippen LogP contribution is -2.48. The molecule has 1 aliphatic carbocycles. The van der Waals surface area contributed by atoms with Crippen LogP contribution in [0.1, 0.15) is 38.5 Å². The lowest BCUT2D eigenvalue weighted by atomic mass is 9.81. The van der Waals surface area contributed by atoms with Crippen LogP contribution in [0.2, 0.25) is 0 Å². The molecule has 0 aromatic rings. The third kappa shape index (κ3) is 1.75. The van der Waals surface area contributed by atoms with Gasteiger partial charge in [0.25, 0.3) is 0 Å². The zero-order valence-corrected chi connectivity index (χ0v) is 9.20. The summed E-state index contributed by atoms with van der Waals surface area (Å²) >= 11 is 0. The zero-order chi connectivity index (χ0) is 10.7. The van der Waals surface area contributed by atoms with Gasteiger partial charge >= 0.3 is 5.97 Å². The standard InChI is InChI=1S/C12H18O3/c1-14-11(13)12(8-4-5-9-15-12)10-6-2-3-7-10/h5,9-10H,2-4,6-8H2,1H3. The van der Waals surface area contributed by atoms with E-state index in [4.69, 9.17) is 9.47 Å². The minimum atomic E-state index is -0.681. The Bertz CT molecular complexity index is 266. The van der Waals surface area contributed by atoms with Crippen LogP contribution < -0.4 is 0 Å². The van der Waals surface area contributed by atoms with Gasteiger partial charge in [0, 0.05) is 12.3 Å². The predicted octanol–water partition coefficient (Wildman–Crippen LogP) is 2.41. The van der Waals surface area contributed by atoms with Gasteiger partial charge in [-0.05, 0) is 25.3 Å². The lowest BCUT2D eigenvalue weighted by Gasteiger charge is -2.37. The maximum absolute atomic E-state index is 11.9. The minimum absolute atomic E-state index is 0.196. The lowest BCUT2D eigenvalue weighted by molar-refractivity contribution is -0.172. The van der Waals surface area contributed by atoms with Crippen molar-refractivity contribution in [2.75, 3.05) is 7.11 Å². The summed E-state index contributed by atoms with van der Waals surface area (Å²) in [4.78, 5) is 11.9. The molecule has 84 valence electrons. The van der Waals surface area contributed by atoms with Gasteiger partial charge in [-0.1, -0.05) is 12.8 Å². The molecule has 0 spiro atoms. The highest BCUT2D eigenvalue weighted by molar-refractivity contribution is 5.80. The van der Waals surface area contributed by atoms with Crippen LogP contribution in [0, 0.1) is 5.92 Å². The molecule has 0 radical (unpaired) electrons. The molecule has 1 heterocycles. The third-order valence-corrected chi connectivity index (χ3v) is 3.60. The van der Waals surface area contributed by atoms with Crippen LogP contribution in [0.25, 0.3) is 0 Å². The van der Waals surface area contributed by atoms with E-state index in [0.29, 0.717) is 5.92 Å².